The molecule has 0 fully saturated rings. The Balaban J connectivity index is 1.67. The van der Waals surface area contributed by atoms with Crippen molar-refractivity contribution in [3.05, 3.63) is 95.6 Å². The highest BCUT2D eigenvalue weighted by Crippen LogP contribution is 2.18. The standard InChI is InChI=1S/C20H16F2N2O/c21-19-11-10-18(12-20(19)22)25-14-16-7-5-4-6-15(16)13-23-24-17-8-2-1-3-9-17/h1-13,24H,14H2. The Labute approximate surface area is 144 Å². The summed E-state index contributed by atoms with van der Waals surface area (Å²) in [6.07, 6.45) is 1.69. The Kier molecular flexibility index (Phi) is 5.36. The lowest BCUT2D eigenvalue weighted by Crippen LogP contribution is -2.01. The molecule has 0 amide bonds. The molecule has 3 aromatic rings. The molecule has 0 aliphatic carbocycles. The number of hydrazone groups is 1. The summed E-state index contributed by atoms with van der Waals surface area (Å²) in [6, 6.07) is 20.6. The third kappa shape index (κ3) is 4.64. The molecule has 0 aliphatic heterocycles. The number of benzene rings is 3. The molecule has 3 aromatic carbocycles. The molecule has 0 atom stereocenters. The fourth-order valence-electron chi connectivity index (χ4n) is 2.21. The molecule has 0 heterocycles. The molecule has 0 aliphatic rings. The first-order chi connectivity index (χ1) is 12.2. The zero-order chi connectivity index (χ0) is 17.5. The lowest BCUT2D eigenvalue weighted by molar-refractivity contribution is 0.303. The van der Waals surface area contributed by atoms with Crippen molar-refractivity contribution in [1.82, 2.24) is 0 Å². The van der Waals surface area contributed by atoms with E-state index in [9.17, 15) is 8.78 Å². The summed E-state index contributed by atoms with van der Waals surface area (Å²) in [6.45, 7) is 0.221. The van der Waals surface area contributed by atoms with Gasteiger partial charge in [0, 0.05) is 11.6 Å². The van der Waals surface area contributed by atoms with Gasteiger partial charge in [0.25, 0.3) is 0 Å². The number of nitrogens with one attached hydrogen (secondary N) is 1. The van der Waals surface area contributed by atoms with E-state index in [0.717, 1.165) is 28.9 Å². The van der Waals surface area contributed by atoms with Gasteiger partial charge in [-0.15, -0.1) is 0 Å². The van der Waals surface area contributed by atoms with Crippen LogP contribution in [-0.4, -0.2) is 6.21 Å². The van der Waals surface area contributed by atoms with E-state index in [4.69, 9.17) is 4.74 Å². The van der Waals surface area contributed by atoms with Crippen molar-refractivity contribution in [3.8, 4) is 5.75 Å². The number of hydrogen-bond donors (Lipinski definition) is 1. The minimum atomic E-state index is -0.931. The van der Waals surface area contributed by atoms with Gasteiger partial charge in [0.05, 0.1) is 11.9 Å². The highest BCUT2D eigenvalue weighted by Gasteiger charge is 2.05. The topological polar surface area (TPSA) is 33.6 Å². The predicted octanol–water partition coefficient (Wildman–Crippen LogP) is 4.99. The molecule has 0 bridgehead atoms. The summed E-state index contributed by atoms with van der Waals surface area (Å²) in [5.41, 5.74) is 5.58. The van der Waals surface area contributed by atoms with Gasteiger partial charge in [-0.2, -0.15) is 5.10 Å². The number of rotatable bonds is 6. The number of ether oxygens (including phenoxy) is 1. The van der Waals surface area contributed by atoms with Gasteiger partial charge in [0.2, 0.25) is 0 Å². The Morgan fingerprint density at radius 2 is 1.64 bits per heavy atom. The first-order valence-corrected chi connectivity index (χ1v) is 7.72. The second kappa shape index (κ2) is 8.06. The minimum Gasteiger partial charge on any atom is -0.489 e. The van der Waals surface area contributed by atoms with E-state index in [0.29, 0.717) is 0 Å². The van der Waals surface area contributed by atoms with E-state index >= 15 is 0 Å². The summed E-state index contributed by atoms with van der Waals surface area (Å²) in [4.78, 5) is 0. The molecule has 0 unspecified atom stereocenters. The van der Waals surface area contributed by atoms with Gasteiger partial charge in [-0.05, 0) is 29.8 Å². The number of halogens is 2. The number of hydrogen-bond acceptors (Lipinski definition) is 3. The average molecular weight is 338 g/mol. The molecule has 1 N–H and O–H groups in total. The molecule has 0 saturated carbocycles. The van der Waals surface area contributed by atoms with Crippen molar-refractivity contribution in [2.75, 3.05) is 5.43 Å². The largest absolute Gasteiger partial charge is 0.489 e. The third-order valence-electron chi connectivity index (χ3n) is 3.51. The van der Waals surface area contributed by atoms with Crippen LogP contribution in [0.5, 0.6) is 5.75 Å². The van der Waals surface area contributed by atoms with E-state index in [1.807, 2.05) is 54.6 Å². The van der Waals surface area contributed by atoms with E-state index in [1.54, 1.807) is 6.21 Å². The first-order valence-electron chi connectivity index (χ1n) is 7.72. The Morgan fingerprint density at radius 3 is 2.44 bits per heavy atom. The average Bonchev–Trinajstić information content (AvgIpc) is 2.64. The maximum Gasteiger partial charge on any atom is 0.162 e. The van der Waals surface area contributed by atoms with Crippen molar-refractivity contribution >= 4 is 11.9 Å². The molecule has 5 heteroatoms. The van der Waals surface area contributed by atoms with Gasteiger partial charge in [-0.1, -0.05) is 42.5 Å². The van der Waals surface area contributed by atoms with Crippen molar-refractivity contribution in [2.24, 2.45) is 5.10 Å². The lowest BCUT2D eigenvalue weighted by atomic mass is 10.1. The lowest BCUT2D eigenvalue weighted by Gasteiger charge is -2.09. The van der Waals surface area contributed by atoms with Gasteiger partial charge >= 0.3 is 0 Å². The van der Waals surface area contributed by atoms with Crippen LogP contribution >= 0.6 is 0 Å². The molecule has 3 nitrogen and oxygen atoms in total. The van der Waals surface area contributed by atoms with E-state index in [2.05, 4.69) is 10.5 Å². The van der Waals surface area contributed by atoms with Gasteiger partial charge in [-0.3, -0.25) is 5.43 Å². The van der Waals surface area contributed by atoms with Crippen LogP contribution in [0.3, 0.4) is 0 Å². The van der Waals surface area contributed by atoms with E-state index < -0.39 is 11.6 Å². The van der Waals surface area contributed by atoms with Crippen LogP contribution in [0.1, 0.15) is 11.1 Å². The second-order valence-corrected chi connectivity index (χ2v) is 5.30. The van der Waals surface area contributed by atoms with Crippen molar-refractivity contribution in [1.29, 1.82) is 0 Å². The molecule has 0 spiro atoms. The Morgan fingerprint density at radius 1 is 0.880 bits per heavy atom. The van der Waals surface area contributed by atoms with Crippen molar-refractivity contribution in [3.63, 3.8) is 0 Å². The SMILES string of the molecule is Fc1ccc(OCc2ccccc2C=NNc2ccccc2)cc1F. The molecule has 0 aromatic heterocycles. The van der Waals surface area contributed by atoms with Crippen LogP contribution < -0.4 is 10.2 Å². The van der Waals surface area contributed by atoms with Crippen LogP contribution in [-0.2, 0) is 6.61 Å². The van der Waals surface area contributed by atoms with Gasteiger partial charge in [-0.25, -0.2) is 8.78 Å². The molecule has 3 rings (SSSR count). The quantitative estimate of drug-likeness (QED) is 0.507. The molecular formula is C20H16F2N2O. The molecule has 0 radical (unpaired) electrons. The Hall–Kier alpha value is -3.21. The highest BCUT2D eigenvalue weighted by molar-refractivity contribution is 5.82. The third-order valence-corrected chi connectivity index (χ3v) is 3.51. The maximum absolute atomic E-state index is 13.2. The van der Waals surface area contributed by atoms with Crippen LogP contribution in [0.2, 0.25) is 0 Å². The summed E-state index contributed by atoms with van der Waals surface area (Å²) in [5, 5.41) is 4.21. The van der Waals surface area contributed by atoms with E-state index in [1.165, 1.54) is 6.07 Å². The highest BCUT2D eigenvalue weighted by atomic mass is 19.2. The molecule has 0 saturated heterocycles. The first kappa shape index (κ1) is 16.6. The van der Waals surface area contributed by atoms with Gasteiger partial charge < -0.3 is 4.74 Å². The second-order valence-electron chi connectivity index (χ2n) is 5.30. The number of para-hydroxylation sites is 1. The summed E-state index contributed by atoms with van der Waals surface area (Å²) >= 11 is 0. The Bertz CT molecular complexity index is 867. The minimum absolute atomic E-state index is 0.221. The zero-order valence-corrected chi connectivity index (χ0v) is 13.3. The fourth-order valence-corrected chi connectivity index (χ4v) is 2.21. The van der Waals surface area contributed by atoms with Gasteiger partial charge in [0.15, 0.2) is 11.6 Å². The smallest absolute Gasteiger partial charge is 0.162 e. The summed E-state index contributed by atoms with van der Waals surface area (Å²) < 4.78 is 31.7. The van der Waals surface area contributed by atoms with Crippen molar-refractivity contribution < 1.29 is 13.5 Å². The molecular weight excluding hydrogens is 322 g/mol. The van der Waals surface area contributed by atoms with Gasteiger partial charge in [0.1, 0.15) is 12.4 Å². The normalized spacial score (nSPS) is 10.8. The summed E-state index contributed by atoms with van der Waals surface area (Å²) in [7, 11) is 0. The van der Waals surface area contributed by atoms with Crippen LogP contribution in [0.4, 0.5) is 14.5 Å². The summed E-state index contributed by atoms with van der Waals surface area (Å²) in [5.74, 6) is -1.56. The fraction of sp³-hybridized carbons (Fsp3) is 0.0500. The number of nitrogens with zero attached hydrogens (tertiary/aromatic N) is 1. The van der Waals surface area contributed by atoms with Crippen LogP contribution in [0, 0.1) is 11.6 Å². The van der Waals surface area contributed by atoms with E-state index in [-0.39, 0.29) is 12.4 Å². The van der Waals surface area contributed by atoms with Crippen LogP contribution in [0.15, 0.2) is 77.9 Å². The van der Waals surface area contributed by atoms with Crippen molar-refractivity contribution in [2.45, 2.75) is 6.61 Å². The predicted molar refractivity (Wildman–Crippen MR) is 94.8 cm³/mol. The molecule has 126 valence electrons. The maximum atomic E-state index is 13.2. The number of anilines is 1. The van der Waals surface area contributed by atoms with Crippen LogP contribution in [0.25, 0.3) is 0 Å². The zero-order valence-electron chi connectivity index (χ0n) is 13.3. The molecule has 25 heavy (non-hydrogen) atoms. The monoisotopic (exact) mass is 338 g/mol.